The van der Waals surface area contributed by atoms with Crippen LogP contribution in [-0.2, 0) is 17.4 Å². The normalized spacial score (nSPS) is 11.2. The van der Waals surface area contributed by atoms with Crippen molar-refractivity contribution in [1.29, 1.82) is 0 Å². The summed E-state index contributed by atoms with van der Waals surface area (Å²) >= 11 is 0. The summed E-state index contributed by atoms with van der Waals surface area (Å²) in [5.41, 5.74) is 1.76. The predicted molar refractivity (Wildman–Crippen MR) is 134 cm³/mol. The van der Waals surface area contributed by atoms with Crippen LogP contribution in [0.25, 0.3) is 11.1 Å². The Labute approximate surface area is 211 Å². The van der Waals surface area contributed by atoms with Gasteiger partial charge in [0, 0.05) is 17.0 Å². The number of pyridine rings is 1. The number of anilines is 2. The van der Waals surface area contributed by atoms with Gasteiger partial charge in [-0.05, 0) is 67.3 Å². The van der Waals surface area contributed by atoms with Crippen molar-refractivity contribution in [2.45, 2.75) is 46.2 Å². The smallest absolute Gasteiger partial charge is 0.416 e. The van der Waals surface area contributed by atoms with Crippen LogP contribution in [0.15, 0.2) is 48.5 Å². The maximum atomic E-state index is 13.6. The molecular formula is C27H26F3N3O4. The largest absolute Gasteiger partial charge is 0.465 e. The van der Waals surface area contributed by atoms with Gasteiger partial charge < -0.3 is 10.4 Å². The monoisotopic (exact) mass is 513 g/mol. The Morgan fingerprint density at radius 2 is 1.57 bits per heavy atom. The highest BCUT2D eigenvalue weighted by molar-refractivity contribution is 6.12. The van der Waals surface area contributed by atoms with Gasteiger partial charge in [0.1, 0.15) is 0 Å². The number of benzene rings is 2. The first-order chi connectivity index (χ1) is 17.4. The minimum Gasteiger partial charge on any atom is -0.465 e. The van der Waals surface area contributed by atoms with Crippen LogP contribution in [0.4, 0.5) is 29.3 Å². The molecule has 194 valence electrons. The fourth-order valence-electron chi connectivity index (χ4n) is 4.02. The molecular weight excluding hydrogens is 487 g/mol. The number of aryl methyl sites for hydroxylation is 3. The molecule has 0 fully saturated rings. The summed E-state index contributed by atoms with van der Waals surface area (Å²) < 4.78 is 40.9. The van der Waals surface area contributed by atoms with E-state index >= 15 is 0 Å². The number of carbonyl (C=O) groups is 3. The number of nitrogens with zero attached hydrogens (tertiary/aromatic N) is 1. The van der Waals surface area contributed by atoms with Gasteiger partial charge in [-0.2, -0.15) is 13.2 Å². The number of aromatic nitrogens is 1. The van der Waals surface area contributed by atoms with E-state index in [-0.39, 0.29) is 28.9 Å². The maximum absolute atomic E-state index is 13.6. The number of ketones is 1. The number of carboxylic acid groups (broad SMARTS) is 1. The van der Waals surface area contributed by atoms with Gasteiger partial charge in [0.05, 0.1) is 23.4 Å². The van der Waals surface area contributed by atoms with Crippen LogP contribution in [0.3, 0.4) is 0 Å². The van der Waals surface area contributed by atoms with E-state index in [1.54, 1.807) is 25.1 Å². The van der Waals surface area contributed by atoms with Gasteiger partial charge >= 0.3 is 12.3 Å². The molecule has 0 saturated carbocycles. The lowest BCUT2D eigenvalue weighted by molar-refractivity contribution is -0.138. The maximum Gasteiger partial charge on any atom is 0.416 e. The molecule has 1 heterocycles. The Kier molecular flexibility index (Phi) is 8.31. The van der Waals surface area contributed by atoms with Crippen LogP contribution in [0.1, 0.15) is 52.6 Å². The first-order valence-electron chi connectivity index (χ1n) is 11.5. The topological polar surface area (TPSA) is 108 Å². The third-order valence-corrected chi connectivity index (χ3v) is 5.50. The van der Waals surface area contributed by atoms with Crippen molar-refractivity contribution in [1.82, 2.24) is 4.98 Å². The lowest BCUT2D eigenvalue weighted by Crippen LogP contribution is -2.20. The van der Waals surface area contributed by atoms with E-state index in [1.165, 1.54) is 0 Å². The molecule has 3 rings (SSSR count). The van der Waals surface area contributed by atoms with E-state index in [1.807, 2.05) is 37.4 Å². The number of amides is 2. The van der Waals surface area contributed by atoms with Crippen molar-refractivity contribution in [3.8, 4) is 11.1 Å². The summed E-state index contributed by atoms with van der Waals surface area (Å²) in [5.74, 6) is -1.43. The highest BCUT2D eigenvalue weighted by atomic mass is 19.4. The number of rotatable bonds is 8. The molecule has 3 aromatic rings. The number of Topliss-reactive ketones (excluding diaryl/α,β-unsaturated/α-hetero) is 1. The molecule has 0 saturated heterocycles. The van der Waals surface area contributed by atoms with Crippen LogP contribution in [0.5, 0.6) is 0 Å². The molecule has 7 nitrogen and oxygen atoms in total. The Morgan fingerprint density at radius 3 is 2.16 bits per heavy atom. The average Bonchev–Trinajstić information content (AvgIpc) is 2.79. The van der Waals surface area contributed by atoms with Gasteiger partial charge in [-0.1, -0.05) is 31.5 Å². The van der Waals surface area contributed by atoms with E-state index in [0.29, 0.717) is 12.5 Å². The van der Waals surface area contributed by atoms with Gasteiger partial charge in [-0.15, -0.1) is 0 Å². The molecule has 0 bridgehead atoms. The SMILES string of the molecule is CCCc1cc(NC(=O)O)c(NC(=O)CC(=O)c2cccc(-c3cc(C)nc(C)c3)c2)cc1C(F)(F)F. The molecule has 0 aliphatic rings. The van der Waals surface area contributed by atoms with Crippen molar-refractivity contribution in [2.75, 3.05) is 10.6 Å². The Hall–Kier alpha value is -4.21. The van der Waals surface area contributed by atoms with Gasteiger partial charge in [-0.3, -0.25) is 19.9 Å². The third kappa shape index (κ3) is 7.16. The zero-order chi connectivity index (χ0) is 27.3. The van der Waals surface area contributed by atoms with E-state index in [4.69, 9.17) is 5.11 Å². The van der Waals surface area contributed by atoms with E-state index in [9.17, 15) is 27.6 Å². The second-order valence-corrected chi connectivity index (χ2v) is 8.60. The predicted octanol–water partition coefficient (Wildman–Crippen LogP) is 6.64. The second-order valence-electron chi connectivity index (χ2n) is 8.60. The number of alkyl halides is 3. The molecule has 2 amide bonds. The fraction of sp³-hybridized carbons (Fsp3) is 0.259. The van der Waals surface area contributed by atoms with Crippen molar-refractivity contribution in [3.05, 3.63) is 76.6 Å². The highest BCUT2D eigenvalue weighted by Crippen LogP contribution is 2.38. The van der Waals surface area contributed by atoms with Gasteiger partial charge in [0.15, 0.2) is 5.78 Å². The van der Waals surface area contributed by atoms with Gasteiger partial charge in [0.2, 0.25) is 5.91 Å². The Bertz CT molecular complexity index is 1330. The van der Waals surface area contributed by atoms with Gasteiger partial charge in [-0.25, -0.2) is 4.79 Å². The van der Waals surface area contributed by atoms with Crippen LogP contribution in [0.2, 0.25) is 0 Å². The van der Waals surface area contributed by atoms with E-state index in [0.717, 1.165) is 28.6 Å². The first kappa shape index (κ1) is 27.4. The van der Waals surface area contributed by atoms with Crippen molar-refractivity contribution in [2.24, 2.45) is 0 Å². The minimum atomic E-state index is -4.72. The lowest BCUT2D eigenvalue weighted by Gasteiger charge is -2.18. The fourth-order valence-corrected chi connectivity index (χ4v) is 4.02. The highest BCUT2D eigenvalue weighted by Gasteiger charge is 2.34. The summed E-state index contributed by atoms with van der Waals surface area (Å²) in [6.45, 7) is 5.39. The lowest BCUT2D eigenvalue weighted by atomic mass is 9.99. The van der Waals surface area contributed by atoms with Crippen molar-refractivity contribution < 1.29 is 32.7 Å². The first-order valence-corrected chi connectivity index (χ1v) is 11.5. The Balaban J connectivity index is 1.86. The molecule has 0 radical (unpaired) electrons. The third-order valence-electron chi connectivity index (χ3n) is 5.50. The quantitative estimate of drug-likeness (QED) is 0.231. The number of carbonyl (C=O) groups excluding carboxylic acids is 2. The molecule has 0 atom stereocenters. The molecule has 0 aliphatic heterocycles. The molecule has 1 aromatic heterocycles. The average molecular weight is 514 g/mol. The molecule has 3 N–H and O–H groups in total. The zero-order valence-electron chi connectivity index (χ0n) is 20.5. The molecule has 37 heavy (non-hydrogen) atoms. The van der Waals surface area contributed by atoms with Crippen LogP contribution >= 0.6 is 0 Å². The Morgan fingerprint density at radius 1 is 0.919 bits per heavy atom. The van der Waals surface area contributed by atoms with E-state index in [2.05, 4.69) is 10.3 Å². The number of halogens is 3. The minimum absolute atomic E-state index is 0.0583. The standard InChI is InChI=1S/C27H26F3N3O4/c1-4-6-18-12-22(33-26(36)37)23(13-21(18)27(28,29)30)32-25(35)14-24(34)19-8-5-7-17(11-19)20-9-15(2)31-16(3)10-20/h5,7-13,33H,4,6,14H2,1-3H3,(H,32,35)(H,36,37). The molecule has 2 aromatic carbocycles. The summed E-state index contributed by atoms with van der Waals surface area (Å²) in [6, 6.07) is 12.1. The van der Waals surface area contributed by atoms with Gasteiger partial charge in [0.25, 0.3) is 0 Å². The molecule has 0 spiro atoms. The molecule has 10 heteroatoms. The summed E-state index contributed by atoms with van der Waals surface area (Å²) in [4.78, 5) is 41.0. The summed E-state index contributed by atoms with van der Waals surface area (Å²) in [5, 5.41) is 13.4. The van der Waals surface area contributed by atoms with Crippen LogP contribution in [0, 0.1) is 13.8 Å². The van der Waals surface area contributed by atoms with E-state index < -0.39 is 35.9 Å². The van der Waals surface area contributed by atoms with Crippen molar-refractivity contribution >= 4 is 29.2 Å². The van der Waals surface area contributed by atoms with Crippen LogP contribution in [-0.4, -0.2) is 27.9 Å². The number of hydrogen-bond donors (Lipinski definition) is 3. The second kappa shape index (κ2) is 11.2. The summed E-state index contributed by atoms with van der Waals surface area (Å²) in [7, 11) is 0. The number of hydrogen-bond acceptors (Lipinski definition) is 4. The van der Waals surface area contributed by atoms with Crippen molar-refractivity contribution in [3.63, 3.8) is 0 Å². The molecule has 0 aliphatic carbocycles. The zero-order valence-corrected chi connectivity index (χ0v) is 20.5. The molecule has 0 unspecified atom stereocenters. The summed E-state index contributed by atoms with van der Waals surface area (Å²) in [6.07, 6.45) is -6.42. The number of nitrogens with one attached hydrogen (secondary N) is 2. The van der Waals surface area contributed by atoms with Crippen LogP contribution < -0.4 is 10.6 Å².